The number of hydrogen-bond acceptors (Lipinski definition) is 6. The van der Waals surface area contributed by atoms with E-state index in [0.29, 0.717) is 19.3 Å². The van der Waals surface area contributed by atoms with Gasteiger partial charge in [0.05, 0.1) is 0 Å². The zero-order valence-electron chi connectivity index (χ0n) is 45.0. The maximum absolute atomic E-state index is 12.8. The molecule has 0 rings (SSSR count). The summed E-state index contributed by atoms with van der Waals surface area (Å²) >= 11 is 0. The molecule has 0 aliphatic carbocycles. The normalized spacial score (nSPS) is 12.8. The van der Waals surface area contributed by atoms with E-state index in [1.807, 2.05) is 0 Å². The van der Waals surface area contributed by atoms with Crippen LogP contribution in [0.5, 0.6) is 0 Å². The molecule has 0 amide bonds. The van der Waals surface area contributed by atoms with Crippen LogP contribution in [0.15, 0.2) is 97.2 Å². The Morgan fingerprint density at radius 2 is 0.565 bits per heavy atom. The molecule has 0 fully saturated rings. The highest BCUT2D eigenvalue weighted by Crippen LogP contribution is 2.15. The first-order chi connectivity index (χ1) is 34.0. The van der Waals surface area contributed by atoms with Crippen LogP contribution in [-0.4, -0.2) is 37.2 Å². The molecular weight excluding hydrogens is 853 g/mol. The topological polar surface area (TPSA) is 78.9 Å². The van der Waals surface area contributed by atoms with Gasteiger partial charge in [0.2, 0.25) is 0 Å². The van der Waals surface area contributed by atoms with E-state index in [-0.39, 0.29) is 31.1 Å². The average molecular weight is 960 g/mol. The fourth-order valence-corrected chi connectivity index (χ4v) is 7.84. The van der Waals surface area contributed by atoms with E-state index in [1.165, 1.54) is 103 Å². The highest BCUT2D eigenvalue weighted by molar-refractivity contribution is 5.71. The lowest BCUT2D eigenvalue weighted by atomic mass is 10.1. The maximum atomic E-state index is 12.8. The van der Waals surface area contributed by atoms with Gasteiger partial charge in [-0.05, 0) is 96.3 Å². The van der Waals surface area contributed by atoms with Crippen molar-refractivity contribution in [2.24, 2.45) is 0 Å². The molecule has 6 nitrogen and oxygen atoms in total. The van der Waals surface area contributed by atoms with E-state index >= 15 is 0 Å². The Labute approximate surface area is 426 Å². The van der Waals surface area contributed by atoms with E-state index in [1.54, 1.807) is 0 Å². The molecule has 0 bridgehead atoms. The zero-order valence-corrected chi connectivity index (χ0v) is 45.0. The summed E-state index contributed by atoms with van der Waals surface area (Å²) in [6.07, 6.45) is 75.4. The third-order valence-corrected chi connectivity index (χ3v) is 12.1. The molecule has 0 aromatic heterocycles. The molecule has 0 aliphatic heterocycles. The highest BCUT2D eigenvalue weighted by Gasteiger charge is 2.19. The molecule has 1 unspecified atom stereocenters. The second-order valence-electron chi connectivity index (χ2n) is 18.8. The van der Waals surface area contributed by atoms with Crippen LogP contribution in [0.2, 0.25) is 0 Å². The molecule has 6 heteroatoms. The number of hydrogen-bond donors (Lipinski definition) is 0. The first kappa shape index (κ1) is 65.3. The van der Waals surface area contributed by atoms with Crippen LogP contribution in [0, 0.1) is 0 Å². The number of rotatable bonds is 51. The van der Waals surface area contributed by atoms with Crippen LogP contribution in [0.4, 0.5) is 0 Å². The van der Waals surface area contributed by atoms with Crippen LogP contribution in [0.1, 0.15) is 265 Å². The van der Waals surface area contributed by atoms with Crippen molar-refractivity contribution in [3.63, 3.8) is 0 Å². The molecule has 0 heterocycles. The van der Waals surface area contributed by atoms with Gasteiger partial charge in [0.25, 0.3) is 0 Å². The van der Waals surface area contributed by atoms with Gasteiger partial charge < -0.3 is 14.2 Å². The van der Waals surface area contributed by atoms with Gasteiger partial charge >= 0.3 is 17.9 Å². The standard InChI is InChI=1S/C63H106O6/c1-4-7-10-13-16-19-22-24-26-28-29-30-31-32-33-35-36-38-41-44-47-50-53-56-62(65)68-59-60(58-67-61(64)55-52-49-46-43-40-21-18-15-12-9-6-3)69-63(66)57-54-51-48-45-42-39-37-34-27-25-23-20-17-14-11-8-5-2/h7-8,10-11,16-17,19-20,24-27,29-30,37,39,60H,4-6,9,12-15,18,21-23,28,31-36,38,40-59H2,1-3H3/b10-7-,11-8-,19-16-,20-17-,26-24-,27-25-,30-29-,39-37-. The Morgan fingerprint density at radius 1 is 0.304 bits per heavy atom. The quantitative estimate of drug-likeness (QED) is 0.0262. The molecule has 0 radical (unpaired) electrons. The summed E-state index contributed by atoms with van der Waals surface area (Å²) in [6.45, 7) is 6.39. The lowest BCUT2D eigenvalue weighted by molar-refractivity contribution is -0.167. The van der Waals surface area contributed by atoms with Crippen molar-refractivity contribution in [3.8, 4) is 0 Å². The highest BCUT2D eigenvalue weighted by atomic mass is 16.6. The summed E-state index contributed by atoms with van der Waals surface area (Å²) in [7, 11) is 0. The van der Waals surface area contributed by atoms with Gasteiger partial charge in [-0.15, -0.1) is 0 Å². The van der Waals surface area contributed by atoms with E-state index in [9.17, 15) is 14.4 Å². The molecule has 0 aliphatic rings. The SMILES string of the molecule is CC/C=C\C/C=C\C/C=C\C/C=C\CCCCCCCCCCCCC(=O)OCC(COC(=O)CCCCCCCCCCCCC)OC(=O)CCCCCC/C=C\C/C=C\C/C=C\C/C=C\CC. The first-order valence-corrected chi connectivity index (χ1v) is 28.7. The van der Waals surface area contributed by atoms with Crippen molar-refractivity contribution in [2.45, 2.75) is 271 Å². The molecule has 69 heavy (non-hydrogen) atoms. The Balaban J connectivity index is 4.35. The molecule has 1 atom stereocenters. The van der Waals surface area contributed by atoms with Crippen LogP contribution in [-0.2, 0) is 28.6 Å². The van der Waals surface area contributed by atoms with Crippen molar-refractivity contribution in [2.75, 3.05) is 13.2 Å². The fraction of sp³-hybridized carbons (Fsp3) is 0.698. The number of unbranched alkanes of at least 4 members (excludes halogenated alkanes) is 24. The molecule has 0 saturated carbocycles. The maximum Gasteiger partial charge on any atom is 0.306 e. The summed E-state index contributed by atoms with van der Waals surface area (Å²) in [6, 6.07) is 0. The smallest absolute Gasteiger partial charge is 0.306 e. The lowest BCUT2D eigenvalue weighted by Crippen LogP contribution is -2.30. The number of allylic oxidation sites excluding steroid dienone is 16. The van der Waals surface area contributed by atoms with Crippen molar-refractivity contribution in [1.29, 1.82) is 0 Å². The predicted octanol–water partition coefficient (Wildman–Crippen LogP) is 19.3. The third-order valence-electron chi connectivity index (χ3n) is 12.1. The third kappa shape index (κ3) is 55.1. The Morgan fingerprint density at radius 3 is 0.884 bits per heavy atom. The van der Waals surface area contributed by atoms with E-state index < -0.39 is 6.10 Å². The molecule has 0 aromatic carbocycles. The average Bonchev–Trinajstić information content (AvgIpc) is 3.35. The summed E-state index contributed by atoms with van der Waals surface area (Å²) in [4.78, 5) is 38.1. The molecule has 0 saturated heterocycles. The number of carbonyl (C=O) groups excluding carboxylic acids is 3. The van der Waals surface area contributed by atoms with Crippen molar-refractivity contribution < 1.29 is 28.6 Å². The van der Waals surface area contributed by atoms with Gasteiger partial charge in [0.1, 0.15) is 13.2 Å². The van der Waals surface area contributed by atoms with Gasteiger partial charge in [-0.25, -0.2) is 0 Å². The summed E-state index contributed by atoms with van der Waals surface area (Å²) < 4.78 is 16.8. The van der Waals surface area contributed by atoms with Crippen molar-refractivity contribution in [3.05, 3.63) is 97.2 Å². The Hall–Kier alpha value is -3.67. The lowest BCUT2D eigenvalue weighted by Gasteiger charge is -2.18. The summed E-state index contributed by atoms with van der Waals surface area (Å²) in [5.74, 6) is -0.913. The van der Waals surface area contributed by atoms with Crippen molar-refractivity contribution in [1.82, 2.24) is 0 Å². The second-order valence-corrected chi connectivity index (χ2v) is 18.8. The zero-order chi connectivity index (χ0) is 50.0. The van der Waals surface area contributed by atoms with Crippen LogP contribution >= 0.6 is 0 Å². The van der Waals surface area contributed by atoms with E-state index in [4.69, 9.17) is 14.2 Å². The second kappa shape index (κ2) is 56.9. The van der Waals surface area contributed by atoms with Gasteiger partial charge in [0, 0.05) is 19.3 Å². The van der Waals surface area contributed by atoms with E-state index in [0.717, 1.165) is 122 Å². The Kier molecular flexibility index (Phi) is 53.9. The van der Waals surface area contributed by atoms with E-state index in [2.05, 4.69) is 118 Å². The van der Waals surface area contributed by atoms with Gasteiger partial charge in [-0.1, -0.05) is 246 Å². The summed E-state index contributed by atoms with van der Waals surface area (Å²) in [5, 5.41) is 0. The number of ether oxygens (including phenoxy) is 3. The summed E-state index contributed by atoms with van der Waals surface area (Å²) in [5.41, 5.74) is 0. The molecule has 0 N–H and O–H groups in total. The molecule has 0 aromatic rings. The molecular formula is C63H106O6. The molecule has 0 spiro atoms. The van der Waals surface area contributed by atoms with Gasteiger partial charge in [0.15, 0.2) is 6.10 Å². The minimum atomic E-state index is -0.791. The first-order valence-electron chi connectivity index (χ1n) is 28.7. The molecule has 394 valence electrons. The minimum Gasteiger partial charge on any atom is -0.462 e. The van der Waals surface area contributed by atoms with Gasteiger partial charge in [-0.2, -0.15) is 0 Å². The van der Waals surface area contributed by atoms with Crippen molar-refractivity contribution >= 4 is 17.9 Å². The fourth-order valence-electron chi connectivity index (χ4n) is 7.84. The van der Waals surface area contributed by atoms with Crippen LogP contribution < -0.4 is 0 Å². The largest absolute Gasteiger partial charge is 0.462 e. The Bertz CT molecular complexity index is 1380. The monoisotopic (exact) mass is 959 g/mol. The van der Waals surface area contributed by atoms with Crippen LogP contribution in [0.3, 0.4) is 0 Å². The van der Waals surface area contributed by atoms with Crippen LogP contribution in [0.25, 0.3) is 0 Å². The minimum absolute atomic E-state index is 0.0873. The van der Waals surface area contributed by atoms with Gasteiger partial charge in [-0.3, -0.25) is 14.4 Å². The number of carbonyl (C=O) groups is 3. The predicted molar refractivity (Wildman–Crippen MR) is 297 cm³/mol. The number of esters is 3.